The largest absolute Gasteiger partial charge is 0.435 e. The van der Waals surface area contributed by atoms with Crippen molar-refractivity contribution < 1.29 is 54.9 Å². The number of nitrogens with zero attached hydrogens (tertiary/aromatic N) is 14. The number of nitrogens with one attached hydrogen (secondary N) is 9. The van der Waals surface area contributed by atoms with Crippen molar-refractivity contribution in [1.82, 2.24) is 99.9 Å². The molecule has 0 aliphatic carbocycles. The number of aromatic amines is 3. The summed E-state index contributed by atoms with van der Waals surface area (Å²) in [5.74, 6) is -3.38. The van der Waals surface area contributed by atoms with Gasteiger partial charge in [-0.25, -0.2) is 53.0 Å². The highest BCUT2D eigenvalue weighted by molar-refractivity contribution is 6.03. The number of halogens is 6. The maximum Gasteiger partial charge on any atom is 0.416 e. The smallest absolute Gasteiger partial charge is 0.416 e. The third-order valence-electron chi connectivity index (χ3n) is 18.9. The third-order valence-corrected chi connectivity index (χ3v) is 18.9. The zero-order valence-corrected chi connectivity index (χ0v) is 63.5. The minimum atomic E-state index is -4.65. The lowest BCUT2D eigenvalue weighted by molar-refractivity contribution is -0.137. The Bertz CT molecular complexity index is 5640. The molecule has 114 heavy (non-hydrogen) atoms. The number of aryl methyl sites for hydroxylation is 4. The Morgan fingerprint density at radius 1 is 0.482 bits per heavy atom. The fourth-order valence-corrected chi connectivity index (χ4v) is 12.9. The number of pyridine rings is 2. The van der Waals surface area contributed by atoms with E-state index >= 15 is 13.2 Å². The molecule has 2 aliphatic heterocycles. The number of carbonyl (C=O) groups excluding carboxylic acids is 3. The van der Waals surface area contributed by atoms with Crippen LogP contribution in [0.1, 0.15) is 77.6 Å². The molecule has 0 radical (unpaired) electrons. The molecule has 590 valence electrons. The summed E-state index contributed by atoms with van der Waals surface area (Å²) in [5.41, 5.74) is 6.67. The molecule has 9 N–H and O–H groups in total. The topological polar surface area (TPSA) is 332 Å². The number of H-pyrrole nitrogens is 3. The average molecular weight is 1560 g/mol. The standard InChI is InChI=1S/C27H31FN8O2.C26H21F4N7O2.C26H29FN8O2/c1-4-35-9-11-36(12-10-35)15-18-5-8-22(30-14-18)34-25-23(26(37)29-3)27(32-16-31-25)38-21-7-6-20-19(24(21)28)13-17(2)33-20;1-13-6-18-19(35-13)4-5-20(22(18)27)39-25-21(24(38)31-3)23(32-11-33-25)36-16-7-15(26(28,29)30)8-17(9-16)37-10-14(2)34-12-37;1-16-12-19-20(32-16)6-7-21(23(19)27)37-26-22(25(36)28-2)24(30-15-31-26)33-17-4-5-18(29-13-17)14-35-10-8-34(3)9-11-35/h5-8,13-14,16,33H,4,9-12,15H2,1-3H3,(H,29,37)(H,30,31,32,34);4-12,35H,1-3H3,(H,31,38)(H,32,33,36);4-7,12-13,15,32H,8-11,14H2,1-3H3,(H,28,36)(H,30,31,33). The Morgan fingerprint density at radius 2 is 0.939 bits per heavy atom. The van der Waals surface area contributed by atoms with E-state index in [9.17, 15) is 27.6 Å². The molecule has 3 amide bonds. The van der Waals surface area contributed by atoms with Gasteiger partial charge in [-0.05, 0) is 138 Å². The molecule has 0 atom stereocenters. The second kappa shape index (κ2) is 34.6. The summed E-state index contributed by atoms with van der Waals surface area (Å²) >= 11 is 0. The van der Waals surface area contributed by atoms with Crippen molar-refractivity contribution in [3.8, 4) is 40.6 Å². The Morgan fingerprint density at radius 3 is 1.36 bits per heavy atom. The molecule has 11 heterocycles. The van der Waals surface area contributed by atoms with Crippen LogP contribution in [0.2, 0.25) is 0 Å². The van der Waals surface area contributed by atoms with E-state index in [4.69, 9.17) is 14.2 Å². The van der Waals surface area contributed by atoms with Crippen LogP contribution in [0.15, 0.2) is 141 Å². The molecular formula is C79H81F6N23O6. The molecule has 15 rings (SSSR count). The zero-order chi connectivity index (χ0) is 80.5. The van der Waals surface area contributed by atoms with Crippen molar-refractivity contribution in [3.63, 3.8) is 0 Å². The number of piperazine rings is 2. The number of anilines is 6. The Labute approximate surface area is 649 Å². The molecule has 2 saturated heterocycles. The SMILES string of the molecule is CCN1CCN(Cc2ccc(Nc3ncnc(Oc4ccc5[nH]c(C)cc5c4F)c3C(=O)NC)nc2)CC1.CNC(=O)c1c(Nc2cc(-n3cnc(C)c3)cc(C(F)(F)F)c2)ncnc1Oc1ccc2[nH]c(C)cc2c1F.CNC(=O)c1c(Nc2ccc(CN3CCN(C)CC3)nc2)ncnc1Oc1ccc2[nH]c(C)cc2c1F. The van der Waals surface area contributed by atoms with Gasteiger partial charge in [0.05, 0.1) is 35.2 Å². The van der Waals surface area contributed by atoms with E-state index in [0.29, 0.717) is 44.5 Å². The summed E-state index contributed by atoms with van der Waals surface area (Å²) in [4.78, 5) is 95.1. The molecular weight excluding hydrogens is 1480 g/mol. The molecule has 0 spiro atoms. The van der Waals surface area contributed by atoms with Crippen LogP contribution in [0.25, 0.3) is 38.4 Å². The number of imidazole rings is 1. The van der Waals surface area contributed by atoms with Crippen molar-refractivity contribution in [2.75, 3.05) is 103 Å². The second-order valence-electron chi connectivity index (χ2n) is 27.1. The van der Waals surface area contributed by atoms with Gasteiger partial charge in [-0.2, -0.15) is 13.2 Å². The lowest BCUT2D eigenvalue weighted by Gasteiger charge is -2.33. The van der Waals surface area contributed by atoms with Gasteiger partial charge in [-0.1, -0.05) is 13.0 Å². The molecule has 0 unspecified atom stereocenters. The number of rotatable bonds is 21. The van der Waals surface area contributed by atoms with Crippen molar-refractivity contribution in [3.05, 3.63) is 215 Å². The van der Waals surface area contributed by atoms with Crippen molar-refractivity contribution in [1.29, 1.82) is 0 Å². The second-order valence-corrected chi connectivity index (χ2v) is 27.1. The first kappa shape index (κ1) is 79.0. The van der Waals surface area contributed by atoms with Crippen LogP contribution < -0.4 is 46.1 Å². The molecule has 0 bridgehead atoms. The maximum absolute atomic E-state index is 15.2. The summed E-state index contributed by atoms with van der Waals surface area (Å²) in [7, 11) is 6.46. The van der Waals surface area contributed by atoms with E-state index in [1.807, 2.05) is 44.3 Å². The first-order valence-corrected chi connectivity index (χ1v) is 36.3. The van der Waals surface area contributed by atoms with Gasteiger partial charge >= 0.3 is 6.18 Å². The fourth-order valence-electron chi connectivity index (χ4n) is 12.9. The fraction of sp³-hybridized carbons (Fsp3) is 0.266. The van der Waals surface area contributed by atoms with Gasteiger partial charge in [0, 0.05) is 160 Å². The first-order chi connectivity index (χ1) is 54.9. The van der Waals surface area contributed by atoms with Crippen molar-refractivity contribution >= 4 is 85.1 Å². The van der Waals surface area contributed by atoms with Crippen molar-refractivity contribution in [2.45, 2.75) is 53.9 Å². The number of fused-ring (bicyclic) bond motifs is 3. The van der Waals surface area contributed by atoms with Crippen molar-refractivity contribution in [2.24, 2.45) is 0 Å². The highest BCUT2D eigenvalue weighted by Gasteiger charge is 2.33. The Kier molecular flexibility index (Phi) is 24.0. The molecule has 35 heteroatoms. The van der Waals surface area contributed by atoms with Crippen LogP contribution in [-0.2, 0) is 19.3 Å². The highest BCUT2D eigenvalue weighted by atomic mass is 19.4. The van der Waals surface area contributed by atoms with Gasteiger partial charge in [-0.15, -0.1) is 0 Å². The van der Waals surface area contributed by atoms with Gasteiger partial charge in [0.25, 0.3) is 17.7 Å². The molecule has 9 aromatic heterocycles. The number of carbonyl (C=O) groups is 3. The molecule has 2 fully saturated rings. The van der Waals surface area contributed by atoms with E-state index in [1.54, 1.807) is 62.6 Å². The van der Waals surface area contributed by atoms with Gasteiger partial charge in [-0.3, -0.25) is 29.2 Å². The molecule has 2 aliphatic rings. The van der Waals surface area contributed by atoms with Gasteiger partial charge in [0.2, 0.25) is 17.6 Å². The average Bonchev–Trinajstić information content (AvgIpc) is 1.47. The van der Waals surface area contributed by atoms with Crippen LogP contribution in [0.3, 0.4) is 0 Å². The minimum absolute atomic E-state index is 0.0172. The third kappa shape index (κ3) is 18.4. The van der Waals surface area contributed by atoms with Crippen LogP contribution in [-0.4, -0.2) is 189 Å². The lowest BCUT2D eigenvalue weighted by atomic mass is 10.1. The zero-order valence-electron chi connectivity index (χ0n) is 63.5. The minimum Gasteiger partial charge on any atom is -0.435 e. The Hall–Kier alpha value is -13.1. The predicted molar refractivity (Wildman–Crippen MR) is 417 cm³/mol. The van der Waals surface area contributed by atoms with E-state index in [0.717, 1.165) is 119 Å². The van der Waals surface area contributed by atoms with Crippen LogP contribution >= 0.6 is 0 Å². The van der Waals surface area contributed by atoms with E-state index < -0.39 is 46.9 Å². The summed E-state index contributed by atoms with van der Waals surface area (Å²) in [5, 5.41) is 17.6. The predicted octanol–water partition coefficient (Wildman–Crippen LogP) is 13.1. The summed E-state index contributed by atoms with van der Waals surface area (Å²) < 4.78 is 105. The first-order valence-electron chi connectivity index (χ1n) is 36.3. The van der Waals surface area contributed by atoms with E-state index in [2.05, 4.69) is 125 Å². The van der Waals surface area contributed by atoms with E-state index in [-0.39, 0.29) is 85.8 Å². The summed E-state index contributed by atoms with van der Waals surface area (Å²) in [6.07, 6.45) is 5.38. The number of hydrogen-bond donors (Lipinski definition) is 9. The van der Waals surface area contributed by atoms with Gasteiger partial charge in [0.15, 0.2) is 52.2 Å². The van der Waals surface area contributed by atoms with Gasteiger partial charge < -0.3 is 75.4 Å². The molecule has 13 aromatic rings. The number of hydrogen-bond acceptors (Lipinski definition) is 22. The number of ether oxygens (including phenoxy) is 3. The van der Waals surface area contributed by atoms with Crippen LogP contribution in [0, 0.1) is 45.1 Å². The maximum atomic E-state index is 15.2. The normalized spacial score (nSPS) is 13.5. The Balaban J connectivity index is 0.000000149. The monoisotopic (exact) mass is 1560 g/mol. The highest BCUT2D eigenvalue weighted by Crippen LogP contribution is 2.39. The lowest BCUT2D eigenvalue weighted by Crippen LogP contribution is -2.45. The number of benzene rings is 4. The van der Waals surface area contributed by atoms with Crippen LogP contribution in [0.4, 0.5) is 61.0 Å². The van der Waals surface area contributed by atoms with Crippen LogP contribution in [0.5, 0.6) is 34.9 Å². The summed E-state index contributed by atoms with van der Waals surface area (Å²) in [6, 6.07) is 25.4. The number of aromatic nitrogens is 13. The summed E-state index contributed by atoms with van der Waals surface area (Å²) in [6.45, 7) is 20.4. The number of likely N-dealkylation sites (N-methyl/N-ethyl adjacent to an activating group) is 2. The molecule has 0 saturated carbocycles. The molecule has 4 aromatic carbocycles. The number of alkyl halides is 3. The quantitative estimate of drug-likeness (QED) is 0.0302. The molecule has 29 nitrogen and oxygen atoms in total. The van der Waals surface area contributed by atoms with Gasteiger partial charge in [0.1, 0.15) is 41.5 Å². The number of amides is 3. The van der Waals surface area contributed by atoms with E-state index in [1.165, 1.54) is 69.0 Å².